The van der Waals surface area contributed by atoms with Crippen molar-refractivity contribution < 1.29 is 4.74 Å². The van der Waals surface area contributed by atoms with Gasteiger partial charge in [-0.2, -0.15) is 11.8 Å². The van der Waals surface area contributed by atoms with E-state index in [4.69, 9.17) is 4.74 Å². The molecule has 0 bridgehead atoms. The summed E-state index contributed by atoms with van der Waals surface area (Å²) >= 11 is 4.01. The molecule has 0 aliphatic heterocycles. The fourth-order valence-corrected chi connectivity index (χ4v) is 4.88. The summed E-state index contributed by atoms with van der Waals surface area (Å²) in [6.45, 7) is 7.31. The molecule has 0 amide bonds. The van der Waals surface area contributed by atoms with Gasteiger partial charge in [0, 0.05) is 11.5 Å². The maximum Gasteiger partial charge on any atom is 0.0598 e. The molecule has 1 aromatic rings. The van der Waals surface area contributed by atoms with Crippen molar-refractivity contribution in [2.45, 2.75) is 110 Å². The van der Waals surface area contributed by atoms with Gasteiger partial charge in [0.15, 0.2) is 0 Å². The molecule has 0 fully saturated rings. The number of aryl methyl sites for hydroxylation is 1. The Hall–Kier alpha value is 0.01000. The highest BCUT2D eigenvalue weighted by Gasteiger charge is 2.08. The minimum absolute atomic E-state index is 0.0227. The first kappa shape index (κ1) is 25.0. The van der Waals surface area contributed by atoms with Crippen molar-refractivity contribution in [3.8, 4) is 0 Å². The summed E-state index contributed by atoms with van der Waals surface area (Å²) in [5.41, 5.74) is 0.0227. The van der Waals surface area contributed by atoms with E-state index in [9.17, 15) is 0 Å². The van der Waals surface area contributed by atoms with Crippen LogP contribution in [0.25, 0.3) is 0 Å². The lowest BCUT2D eigenvalue weighted by Crippen LogP contribution is -2.19. The van der Waals surface area contributed by atoms with Crippen molar-refractivity contribution in [2.24, 2.45) is 0 Å². The van der Waals surface area contributed by atoms with Crippen molar-refractivity contribution in [2.75, 3.05) is 18.1 Å². The highest BCUT2D eigenvalue weighted by molar-refractivity contribution is 7.99. The predicted molar refractivity (Wildman–Crippen MR) is 126 cm³/mol. The van der Waals surface area contributed by atoms with E-state index in [-0.39, 0.29) is 5.60 Å². The molecule has 1 heterocycles. The Labute approximate surface area is 178 Å². The zero-order valence-corrected chi connectivity index (χ0v) is 19.9. The Morgan fingerprint density at radius 1 is 0.778 bits per heavy atom. The summed E-state index contributed by atoms with van der Waals surface area (Å²) in [4.78, 5) is 1.56. The van der Waals surface area contributed by atoms with Crippen LogP contribution >= 0.6 is 23.1 Å². The molecular weight excluding hydrogens is 368 g/mol. The van der Waals surface area contributed by atoms with Crippen molar-refractivity contribution in [3.05, 3.63) is 22.4 Å². The summed E-state index contributed by atoms with van der Waals surface area (Å²) in [6, 6.07) is 4.44. The van der Waals surface area contributed by atoms with Gasteiger partial charge in [-0.15, -0.1) is 11.3 Å². The maximum atomic E-state index is 5.75. The zero-order chi connectivity index (χ0) is 19.6. The Morgan fingerprint density at radius 2 is 1.33 bits per heavy atom. The molecule has 3 heteroatoms. The van der Waals surface area contributed by atoms with Gasteiger partial charge in [0.1, 0.15) is 0 Å². The molecule has 1 rings (SSSR count). The van der Waals surface area contributed by atoms with Crippen molar-refractivity contribution in [1.82, 2.24) is 0 Å². The molecule has 0 aromatic carbocycles. The first-order chi connectivity index (χ1) is 13.1. The van der Waals surface area contributed by atoms with E-state index in [1.54, 1.807) is 4.88 Å². The quantitative estimate of drug-likeness (QED) is 0.223. The van der Waals surface area contributed by atoms with Gasteiger partial charge >= 0.3 is 0 Å². The zero-order valence-electron chi connectivity index (χ0n) is 18.3. The van der Waals surface area contributed by atoms with Crippen LogP contribution in [0, 0.1) is 0 Å². The molecule has 0 aliphatic rings. The third kappa shape index (κ3) is 17.8. The van der Waals surface area contributed by atoms with E-state index in [0.717, 1.165) is 6.61 Å². The molecule has 158 valence electrons. The first-order valence-electron chi connectivity index (χ1n) is 11.3. The monoisotopic (exact) mass is 412 g/mol. The number of hydrogen-bond acceptors (Lipinski definition) is 3. The van der Waals surface area contributed by atoms with Gasteiger partial charge in [0.25, 0.3) is 0 Å². The fourth-order valence-electron chi connectivity index (χ4n) is 3.19. The average Bonchev–Trinajstić information content (AvgIpc) is 3.13. The van der Waals surface area contributed by atoms with Crippen LogP contribution in [0.3, 0.4) is 0 Å². The standard InChI is InChI=1S/C24H44OS2/c1-24(2,3)25-19-16-21-26-20-14-12-10-8-6-4-5-7-9-11-13-17-23-18-15-22-27-23/h15,18,22H,4-14,16-17,19-21H2,1-3H3. The molecule has 0 N–H and O–H groups in total. The lowest BCUT2D eigenvalue weighted by molar-refractivity contribution is -0.00196. The Kier molecular flexibility index (Phi) is 15.7. The number of thiophene rings is 1. The molecular formula is C24H44OS2. The Morgan fingerprint density at radius 3 is 1.89 bits per heavy atom. The van der Waals surface area contributed by atoms with E-state index in [1.165, 1.54) is 95.0 Å². The molecule has 1 nitrogen and oxygen atoms in total. The summed E-state index contributed by atoms with van der Waals surface area (Å²) in [5, 5.41) is 2.19. The van der Waals surface area contributed by atoms with Crippen molar-refractivity contribution in [3.63, 3.8) is 0 Å². The molecule has 1 aromatic heterocycles. The third-order valence-corrected chi connectivity index (χ3v) is 6.85. The van der Waals surface area contributed by atoms with Gasteiger partial charge in [-0.1, -0.05) is 63.9 Å². The second kappa shape index (κ2) is 16.9. The van der Waals surface area contributed by atoms with Crippen LogP contribution in [0.4, 0.5) is 0 Å². The van der Waals surface area contributed by atoms with Crippen LogP contribution in [-0.4, -0.2) is 23.7 Å². The Bertz CT molecular complexity index is 409. The lowest BCUT2D eigenvalue weighted by atomic mass is 10.1. The number of unbranched alkanes of at least 4 members (excludes halogenated alkanes) is 10. The minimum Gasteiger partial charge on any atom is -0.376 e. The van der Waals surface area contributed by atoms with Crippen molar-refractivity contribution in [1.29, 1.82) is 0 Å². The highest BCUT2D eigenvalue weighted by atomic mass is 32.2. The van der Waals surface area contributed by atoms with Crippen LogP contribution in [0.15, 0.2) is 17.5 Å². The molecule has 0 spiro atoms. The summed E-state index contributed by atoms with van der Waals surface area (Å²) in [6.07, 6.45) is 18.2. The smallest absolute Gasteiger partial charge is 0.0598 e. The molecule has 0 saturated heterocycles. The second-order valence-electron chi connectivity index (χ2n) is 8.65. The van der Waals surface area contributed by atoms with E-state index >= 15 is 0 Å². The molecule has 0 atom stereocenters. The largest absolute Gasteiger partial charge is 0.376 e. The van der Waals surface area contributed by atoms with Crippen LogP contribution in [0.1, 0.15) is 103 Å². The average molecular weight is 413 g/mol. The molecule has 0 saturated carbocycles. The predicted octanol–water partition coefficient (Wildman–Crippen LogP) is 8.52. The summed E-state index contributed by atoms with van der Waals surface area (Å²) in [7, 11) is 0. The molecule has 0 unspecified atom stereocenters. The number of thioether (sulfide) groups is 1. The van der Waals surface area contributed by atoms with E-state index in [2.05, 4.69) is 50.0 Å². The fraction of sp³-hybridized carbons (Fsp3) is 0.833. The number of hydrogen-bond donors (Lipinski definition) is 0. The van der Waals surface area contributed by atoms with Crippen LogP contribution < -0.4 is 0 Å². The highest BCUT2D eigenvalue weighted by Crippen LogP contribution is 2.16. The minimum atomic E-state index is 0.0227. The summed E-state index contributed by atoms with van der Waals surface area (Å²) in [5.74, 6) is 2.59. The van der Waals surface area contributed by atoms with Gasteiger partial charge < -0.3 is 4.74 Å². The third-order valence-electron chi connectivity index (χ3n) is 4.76. The van der Waals surface area contributed by atoms with Gasteiger partial charge in [-0.3, -0.25) is 0 Å². The number of rotatable bonds is 18. The summed E-state index contributed by atoms with van der Waals surface area (Å²) < 4.78 is 5.75. The van der Waals surface area contributed by atoms with Crippen molar-refractivity contribution >= 4 is 23.1 Å². The van der Waals surface area contributed by atoms with Crippen LogP contribution in [0.5, 0.6) is 0 Å². The Balaban J connectivity index is 1.67. The molecule has 27 heavy (non-hydrogen) atoms. The van der Waals surface area contributed by atoms with Gasteiger partial charge in [0.05, 0.1) is 5.60 Å². The lowest BCUT2D eigenvalue weighted by Gasteiger charge is -2.19. The van der Waals surface area contributed by atoms with E-state index < -0.39 is 0 Å². The topological polar surface area (TPSA) is 9.23 Å². The van der Waals surface area contributed by atoms with Gasteiger partial charge in [-0.25, -0.2) is 0 Å². The van der Waals surface area contributed by atoms with Gasteiger partial charge in [0.2, 0.25) is 0 Å². The van der Waals surface area contributed by atoms with E-state index in [1.807, 2.05) is 11.3 Å². The number of ether oxygens (including phenoxy) is 1. The SMILES string of the molecule is CC(C)(C)OCCCSCCCCCCCCCCCCCc1cccs1. The maximum absolute atomic E-state index is 5.75. The van der Waals surface area contributed by atoms with Gasteiger partial charge in [-0.05, 0) is 69.4 Å². The normalized spacial score (nSPS) is 12.0. The van der Waals surface area contributed by atoms with Crippen LogP contribution in [0.2, 0.25) is 0 Å². The molecule has 0 aliphatic carbocycles. The van der Waals surface area contributed by atoms with Crippen LogP contribution in [-0.2, 0) is 11.2 Å². The van der Waals surface area contributed by atoms with E-state index in [0.29, 0.717) is 0 Å². The molecule has 0 radical (unpaired) electrons. The second-order valence-corrected chi connectivity index (χ2v) is 10.9. The first-order valence-corrected chi connectivity index (χ1v) is 13.4.